The second-order valence-corrected chi connectivity index (χ2v) is 6.79. The molecule has 2 aromatic carbocycles. The molecule has 0 heterocycles. The molecule has 126 valence electrons. The highest BCUT2D eigenvalue weighted by atomic mass is 16.5. The van der Waals surface area contributed by atoms with Crippen molar-refractivity contribution in [2.75, 3.05) is 14.2 Å². The van der Waals surface area contributed by atoms with E-state index in [9.17, 15) is 0 Å². The SMILES string of the molecule is C=CCC1c2ccc(OC)cc2CCC1(C)c1ccc(OC)cc1. The highest BCUT2D eigenvalue weighted by Crippen LogP contribution is 2.49. The van der Waals surface area contributed by atoms with Gasteiger partial charge in [-0.15, -0.1) is 6.58 Å². The maximum absolute atomic E-state index is 5.40. The first kappa shape index (κ1) is 16.6. The summed E-state index contributed by atoms with van der Waals surface area (Å²) in [4.78, 5) is 0. The summed E-state index contributed by atoms with van der Waals surface area (Å²) in [6.45, 7) is 6.39. The first-order valence-electron chi connectivity index (χ1n) is 8.54. The van der Waals surface area contributed by atoms with Crippen molar-refractivity contribution in [2.24, 2.45) is 0 Å². The molecule has 2 nitrogen and oxygen atoms in total. The quantitative estimate of drug-likeness (QED) is 0.698. The van der Waals surface area contributed by atoms with Gasteiger partial charge in [-0.25, -0.2) is 0 Å². The number of rotatable bonds is 5. The van der Waals surface area contributed by atoms with Crippen molar-refractivity contribution in [3.63, 3.8) is 0 Å². The smallest absolute Gasteiger partial charge is 0.119 e. The Labute approximate surface area is 145 Å². The third-order valence-corrected chi connectivity index (χ3v) is 5.56. The number of benzene rings is 2. The first-order valence-corrected chi connectivity index (χ1v) is 8.54. The van der Waals surface area contributed by atoms with E-state index in [1.807, 2.05) is 6.08 Å². The summed E-state index contributed by atoms with van der Waals surface area (Å²) >= 11 is 0. The van der Waals surface area contributed by atoms with Gasteiger partial charge in [0.1, 0.15) is 11.5 Å². The predicted octanol–water partition coefficient (Wildman–Crippen LogP) is 5.27. The van der Waals surface area contributed by atoms with Crippen LogP contribution in [0.5, 0.6) is 11.5 Å². The van der Waals surface area contributed by atoms with E-state index in [1.165, 1.54) is 16.7 Å². The molecule has 0 radical (unpaired) electrons. The zero-order chi connectivity index (χ0) is 17.2. The molecule has 2 aromatic rings. The molecule has 0 fully saturated rings. The minimum absolute atomic E-state index is 0.0993. The van der Waals surface area contributed by atoms with Gasteiger partial charge in [-0.05, 0) is 71.6 Å². The van der Waals surface area contributed by atoms with Crippen LogP contribution in [0.2, 0.25) is 0 Å². The Morgan fingerprint density at radius 2 is 1.75 bits per heavy atom. The summed E-state index contributed by atoms with van der Waals surface area (Å²) in [7, 11) is 3.44. The minimum atomic E-state index is 0.0993. The predicted molar refractivity (Wildman–Crippen MR) is 99.2 cm³/mol. The van der Waals surface area contributed by atoms with Crippen molar-refractivity contribution in [3.8, 4) is 11.5 Å². The van der Waals surface area contributed by atoms with E-state index in [1.54, 1.807) is 14.2 Å². The fraction of sp³-hybridized carbons (Fsp3) is 0.364. The van der Waals surface area contributed by atoms with Crippen LogP contribution in [0.25, 0.3) is 0 Å². The molecule has 2 atom stereocenters. The highest BCUT2D eigenvalue weighted by Gasteiger charge is 2.40. The average molecular weight is 322 g/mol. The van der Waals surface area contributed by atoms with Gasteiger partial charge in [-0.1, -0.05) is 31.2 Å². The van der Waals surface area contributed by atoms with Crippen LogP contribution in [0.15, 0.2) is 55.1 Å². The molecule has 1 aliphatic carbocycles. The summed E-state index contributed by atoms with van der Waals surface area (Å²) in [5.74, 6) is 2.28. The Bertz CT molecular complexity index is 717. The minimum Gasteiger partial charge on any atom is -0.497 e. The monoisotopic (exact) mass is 322 g/mol. The van der Waals surface area contributed by atoms with E-state index in [2.05, 4.69) is 56.0 Å². The van der Waals surface area contributed by atoms with Crippen molar-refractivity contribution in [1.29, 1.82) is 0 Å². The first-order chi connectivity index (χ1) is 11.6. The van der Waals surface area contributed by atoms with Gasteiger partial charge in [0.05, 0.1) is 14.2 Å². The van der Waals surface area contributed by atoms with Crippen molar-refractivity contribution >= 4 is 0 Å². The molecule has 0 spiro atoms. The Morgan fingerprint density at radius 1 is 1.08 bits per heavy atom. The molecule has 3 rings (SSSR count). The zero-order valence-corrected chi connectivity index (χ0v) is 14.8. The lowest BCUT2D eigenvalue weighted by Crippen LogP contribution is -2.35. The molecule has 0 saturated carbocycles. The Kier molecular flexibility index (Phi) is 4.66. The number of fused-ring (bicyclic) bond motifs is 1. The van der Waals surface area contributed by atoms with E-state index < -0.39 is 0 Å². The molecule has 0 aromatic heterocycles. The van der Waals surface area contributed by atoms with Gasteiger partial charge >= 0.3 is 0 Å². The normalized spacial score (nSPS) is 22.5. The second kappa shape index (κ2) is 6.72. The van der Waals surface area contributed by atoms with E-state index >= 15 is 0 Å². The van der Waals surface area contributed by atoms with Crippen LogP contribution in [0.4, 0.5) is 0 Å². The topological polar surface area (TPSA) is 18.5 Å². The maximum atomic E-state index is 5.40. The molecule has 1 aliphatic rings. The van der Waals surface area contributed by atoms with E-state index in [4.69, 9.17) is 9.47 Å². The summed E-state index contributed by atoms with van der Waals surface area (Å²) < 4.78 is 10.7. The van der Waals surface area contributed by atoms with Gasteiger partial charge in [-0.2, -0.15) is 0 Å². The van der Waals surface area contributed by atoms with Crippen LogP contribution in [-0.4, -0.2) is 14.2 Å². The van der Waals surface area contributed by atoms with Crippen molar-refractivity contribution < 1.29 is 9.47 Å². The molecule has 0 saturated heterocycles. The molecule has 0 amide bonds. The molecule has 2 heteroatoms. The van der Waals surface area contributed by atoms with Crippen LogP contribution in [0, 0.1) is 0 Å². The lowest BCUT2D eigenvalue weighted by molar-refractivity contribution is 0.326. The van der Waals surface area contributed by atoms with Crippen molar-refractivity contribution in [3.05, 3.63) is 71.8 Å². The van der Waals surface area contributed by atoms with Crippen LogP contribution in [-0.2, 0) is 11.8 Å². The second-order valence-electron chi connectivity index (χ2n) is 6.79. The van der Waals surface area contributed by atoms with Crippen LogP contribution >= 0.6 is 0 Å². The Balaban J connectivity index is 2.04. The largest absolute Gasteiger partial charge is 0.497 e. The van der Waals surface area contributed by atoms with Gasteiger partial charge in [0, 0.05) is 0 Å². The average Bonchev–Trinajstić information content (AvgIpc) is 2.64. The van der Waals surface area contributed by atoms with E-state index in [-0.39, 0.29) is 5.41 Å². The fourth-order valence-electron chi connectivity index (χ4n) is 4.05. The van der Waals surface area contributed by atoms with Gasteiger partial charge in [0.25, 0.3) is 0 Å². The summed E-state index contributed by atoms with van der Waals surface area (Å²) in [6, 6.07) is 15.1. The van der Waals surface area contributed by atoms with E-state index in [0.717, 1.165) is 30.8 Å². The molecule has 0 aliphatic heterocycles. The summed E-state index contributed by atoms with van der Waals surface area (Å²) in [6.07, 6.45) is 5.22. The standard InChI is InChI=1S/C22H26O2/c1-5-6-21-20-12-11-19(24-4)15-16(20)13-14-22(21,2)17-7-9-18(23-3)10-8-17/h5,7-12,15,21H,1,6,13-14H2,2-4H3. The lowest BCUT2D eigenvalue weighted by Gasteiger charge is -2.43. The number of methoxy groups -OCH3 is 2. The highest BCUT2D eigenvalue weighted by molar-refractivity contribution is 5.45. The third-order valence-electron chi connectivity index (χ3n) is 5.56. The van der Waals surface area contributed by atoms with Crippen LogP contribution < -0.4 is 9.47 Å². The summed E-state index contributed by atoms with van der Waals surface area (Å²) in [5, 5.41) is 0. The Morgan fingerprint density at radius 3 is 2.38 bits per heavy atom. The Hall–Kier alpha value is -2.22. The van der Waals surface area contributed by atoms with Gasteiger partial charge in [0.2, 0.25) is 0 Å². The summed E-state index contributed by atoms with van der Waals surface area (Å²) in [5.41, 5.74) is 4.31. The lowest BCUT2D eigenvalue weighted by atomic mass is 9.61. The van der Waals surface area contributed by atoms with Gasteiger partial charge in [0.15, 0.2) is 0 Å². The van der Waals surface area contributed by atoms with Crippen molar-refractivity contribution in [1.82, 2.24) is 0 Å². The zero-order valence-electron chi connectivity index (χ0n) is 14.8. The van der Waals surface area contributed by atoms with Crippen molar-refractivity contribution in [2.45, 2.75) is 37.5 Å². The molecular formula is C22H26O2. The molecule has 0 N–H and O–H groups in total. The van der Waals surface area contributed by atoms with E-state index in [0.29, 0.717) is 5.92 Å². The number of hydrogen-bond donors (Lipinski definition) is 0. The third kappa shape index (κ3) is 2.82. The fourth-order valence-corrected chi connectivity index (χ4v) is 4.05. The van der Waals surface area contributed by atoms with Gasteiger partial charge in [-0.3, -0.25) is 0 Å². The number of hydrogen-bond acceptors (Lipinski definition) is 2. The number of ether oxygens (including phenoxy) is 2. The molecule has 0 bridgehead atoms. The number of aryl methyl sites for hydroxylation is 1. The maximum Gasteiger partial charge on any atom is 0.119 e. The van der Waals surface area contributed by atoms with Crippen LogP contribution in [0.3, 0.4) is 0 Å². The molecular weight excluding hydrogens is 296 g/mol. The molecule has 2 unspecified atom stereocenters. The van der Waals surface area contributed by atoms with Crippen LogP contribution in [0.1, 0.15) is 42.4 Å². The van der Waals surface area contributed by atoms with Gasteiger partial charge < -0.3 is 9.47 Å². The number of allylic oxidation sites excluding steroid dienone is 1. The molecule has 24 heavy (non-hydrogen) atoms.